The number of likely N-dealkylation sites (tertiary alicyclic amines) is 1. The third-order valence-electron chi connectivity index (χ3n) is 3.27. The highest BCUT2D eigenvalue weighted by Gasteiger charge is 2.33. The lowest BCUT2D eigenvalue weighted by Crippen LogP contribution is -2.29. The van der Waals surface area contributed by atoms with E-state index in [-0.39, 0.29) is 24.8 Å². The van der Waals surface area contributed by atoms with Crippen molar-refractivity contribution >= 4 is 27.3 Å². The van der Waals surface area contributed by atoms with Crippen molar-refractivity contribution in [2.24, 2.45) is 0 Å². The van der Waals surface area contributed by atoms with Gasteiger partial charge in [0.05, 0.1) is 17.1 Å². The molecule has 19 heavy (non-hydrogen) atoms. The van der Waals surface area contributed by atoms with Crippen LogP contribution in [-0.2, 0) is 0 Å². The average Bonchev–Trinajstić information content (AvgIpc) is 2.94. The van der Waals surface area contributed by atoms with Crippen LogP contribution >= 0.6 is 11.3 Å². The number of halogens is 1. The van der Waals surface area contributed by atoms with Crippen molar-refractivity contribution in [3.05, 3.63) is 35.0 Å². The summed E-state index contributed by atoms with van der Waals surface area (Å²) >= 11 is 1.21. The van der Waals surface area contributed by atoms with Gasteiger partial charge in [0.25, 0.3) is 5.91 Å². The van der Waals surface area contributed by atoms with Gasteiger partial charge >= 0.3 is 0 Å². The van der Waals surface area contributed by atoms with Crippen molar-refractivity contribution in [2.45, 2.75) is 12.2 Å². The molecule has 2 N–H and O–H groups in total. The predicted octanol–water partition coefficient (Wildman–Crippen LogP) is 1.22. The summed E-state index contributed by atoms with van der Waals surface area (Å²) in [6, 6.07) is 6.24. The summed E-state index contributed by atoms with van der Waals surface area (Å²) in [6.45, 7) is 0.216. The van der Waals surface area contributed by atoms with Crippen molar-refractivity contribution in [3.63, 3.8) is 0 Å². The highest BCUT2D eigenvalue weighted by molar-refractivity contribution is 7.20. The zero-order valence-electron chi connectivity index (χ0n) is 9.91. The van der Waals surface area contributed by atoms with Gasteiger partial charge in [0, 0.05) is 23.2 Å². The maximum atomic E-state index is 13.6. The number of rotatable bonds is 1. The van der Waals surface area contributed by atoms with Gasteiger partial charge in [-0.2, -0.15) is 0 Å². The molecule has 6 heteroatoms. The highest BCUT2D eigenvalue weighted by atomic mass is 32.1. The molecule has 2 aromatic rings. The van der Waals surface area contributed by atoms with Gasteiger partial charge < -0.3 is 15.1 Å². The van der Waals surface area contributed by atoms with Gasteiger partial charge in [0.15, 0.2) is 0 Å². The number of nitrogens with zero attached hydrogens (tertiary/aromatic N) is 1. The van der Waals surface area contributed by atoms with E-state index in [9.17, 15) is 19.4 Å². The minimum atomic E-state index is -0.907. The molecule has 2 atom stereocenters. The SMILES string of the molecule is O=C(c1cc2c(F)cccc2s1)N1C[C@@H](O)[C@@H](O)C1. The standard InChI is InChI=1S/C13H12FNO3S/c14-8-2-1-3-11-7(8)4-12(19-11)13(18)15-5-9(16)10(17)6-15/h1-4,9-10,16-17H,5-6H2/t9-,10+. The number of aliphatic hydroxyl groups excluding tert-OH is 2. The zero-order valence-corrected chi connectivity index (χ0v) is 10.7. The molecule has 4 nitrogen and oxygen atoms in total. The first-order valence-electron chi connectivity index (χ1n) is 5.90. The summed E-state index contributed by atoms with van der Waals surface area (Å²) in [7, 11) is 0. The number of benzene rings is 1. The second kappa shape index (κ2) is 4.56. The minimum Gasteiger partial charge on any atom is -0.388 e. The molecule has 0 saturated carbocycles. The minimum absolute atomic E-state index is 0.108. The molecule has 0 unspecified atom stereocenters. The number of carbonyl (C=O) groups excluding carboxylic acids is 1. The summed E-state index contributed by atoms with van der Waals surface area (Å²) in [5, 5.41) is 19.3. The molecular weight excluding hydrogens is 269 g/mol. The summed E-state index contributed by atoms with van der Waals surface area (Å²) < 4.78 is 14.3. The van der Waals surface area contributed by atoms with Crippen molar-refractivity contribution in [1.82, 2.24) is 4.90 Å². The Morgan fingerprint density at radius 3 is 2.63 bits per heavy atom. The monoisotopic (exact) mass is 281 g/mol. The molecule has 1 aromatic heterocycles. The molecule has 1 fully saturated rings. The first-order valence-corrected chi connectivity index (χ1v) is 6.71. The Morgan fingerprint density at radius 2 is 2.00 bits per heavy atom. The molecule has 0 spiro atoms. The van der Waals surface area contributed by atoms with Crippen molar-refractivity contribution in [2.75, 3.05) is 13.1 Å². The van der Waals surface area contributed by atoms with Gasteiger partial charge in [-0.25, -0.2) is 4.39 Å². The second-order valence-corrected chi connectivity index (χ2v) is 5.69. The van der Waals surface area contributed by atoms with Crippen molar-refractivity contribution in [3.8, 4) is 0 Å². The van der Waals surface area contributed by atoms with Crippen LogP contribution in [0.4, 0.5) is 4.39 Å². The van der Waals surface area contributed by atoms with Crippen molar-refractivity contribution < 1.29 is 19.4 Å². The molecule has 0 radical (unpaired) electrons. The van der Waals surface area contributed by atoms with Crippen LogP contribution in [-0.4, -0.2) is 46.3 Å². The zero-order chi connectivity index (χ0) is 13.6. The summed E-state index contributed by atoms with van der Waals surface area (Å²) in [6.07, 6.45) is -1.81. The quantitative estimate of drug-likeness (QED) is 0.826. The van der Waals surface area contributed by atoms with Gasteiger partial charge in [-0.3, -0.25) is 4.79 Å². The summed E-state index contributed by atoms with van der Waals surface area (Å²) in [4.78, 5) is 14.0. The van der Waals surface area contributed by atoms with Crippen LogP contribution in [0.1, 0.15) is 9.67 Å². The average molecular weight is 281 g/mol. The Morgan fingerprint density at radius 1 is 1.32 bits per heavy atom. The third-order valence-corrected chi connectivity index (χ3v) is 4.35. The van der Waals surface area contributed by atoms with Gasteiger partial charge in [0.2, 0.25) is 0 Å². The number of amides is 1. The molecular formula is C13H12FNO3S. The third kappa shape index (κ3) is 2.11. The van der Waals surface area contributed by atoms with Crippen LogP contribution in [0.15, 0.2) is 24.3 Å². The molecule has 1 aliphatic rings. The molecule has 0 bridgehead atoms. The van der Waals surface area contributed by atoms with Crippen LogP contribution in [0, 0.1) is 5.82 Å². The van der Waals surface area contributed by atoms with Crippen LogP contribution in [0.2, 0.25) is 0 Å². The number of β-amino-alcohol motifs (C(OH)–C–C–N with tert-alkyl or cyclic N) is 2. The molecule has 1 aliphatic heterocycles. The van der Waals surface area contributed by atoms with Crippen LogP contribution in [0.5, 0.6) is 0 Å². The Labute approximate surface area is 112 Å². The number of thiophene rings is 1. The predicted molar refractivity (Wildman–Crippen MR) is 69.7 cm³/mol. The van der Waals surface area contributed by atoms with E-state index in [1.54, 1.807) is 12.1 Å². The fourth-order valence-electron chi connectivity index (χ4n) is 2.22. The summed E-state index contributed by atoms with van der Waals surface area (Å²) in [5.74, 6) is -0.634. The lowest BCUT2D eigenvalue weighted by molar-refractivity contribution is 0.0572. The molecule has 100 valence electrons. The van der Waals surface area contributed by atoms with E-state index < -0.39 is 12.2 Å². The highest BCUT2D eigenvalue weighted by Crippen LogP contribution is 2.29. The van der Waals surface area contributed by atoms with Crippen LogP contribution < -0.4 is 0 Å². The number of fused-ring (bicyclic) bond motifs is 1. The van der Waals surface area contributed by atoms with E-state index in [1.165, 1.54) is 28.4 Å². The number of hydrogen-bond acceptors (Lipinski definition) is 4. The summed E-state index contributed by atoms with van der Waals surface area (Å²) in [5.41, 5.74) is 0. The van der Waals surface area contributed by atoms with Crippen LogP contribution in [0.25, 0.3) is 10.1 Å². The Bertz CT molecular complexity index is 632. The number of hydrogen-bond donors (Lipinski definition) is 2. The van der Waals surface area contributed by atoms with Crippen molar-refractivity contribution in [1.29, 1.82) is 0 Å². The van der Waals surface area contributed by atoms with E-state index in [2.05, 4.69) is 0 Å². The number of carbonyl (C=O) groups is 1. The maximum absolute atomic E-state index is 13.6. The topological polar surface area (TPSA) is 60.8 Å². The van der Waals surface area contributed by atoms with Gasteiger partial charge in [0.1, 0.15) is 5.82 Å². The number of aliphatic hydroxyl groups is 2. The lowest BCUT2D eigenvalue weighted by atomic mass is 10.2. The lowest BCUT2D eigenvalue weighted by Gasteiger charge is -2.13. The second-order valence-electron chi connectivity index (χ2n) is 4.61. The molecule has 3 rings (SSSR count). The molecule has 1 saturated heterocycles. The first kappa shape index (κ1) is 12.5. The first-order chi connectivity index (χ1) is 9.06. The van der Waals surface area contributed by atoms with E-state index in [0.29, 0.717) is 15.0 Å². The fraction of sp³-hybridized carbons (Fsp3) is 0.308. The van der Waals surface area contributed by atoms with Gasteiger partial charge in [-0.1, -0.05) is 6.07 Å². The molecule has 1 aromatic carbocycles. The Kier molecular flexibility index (Phi) is 3.00. The van der Waals surface area contributed by atoms with Gasteiger partial charge in [-0.05, 0) is 18.2 Å². The molecule has 0 aliphatic carbocycles. The largest absolute Gasteiger partial charge is 0.388 e. The van der Waals surface area contributed by atoms with E-state index >= 15 is 0 Å². The normalized spacial score (nSPS) is 23.2. The van der Waals surface area contributed by atoms with E-state index in [0.717, 1.165) is 0 Å². The Hall–Kier alpha value is -1.50. The molecule has 1 amide bonds. The maximum Gasteiger partial charge on any atom is 0.264 e. The van der Waals surface area contributed by atoms with Crippen LogP contribution in [0.3, 0.4) is 0 Å². The molecule has 2 heterocycles. The van der Waals surface area contributed by atoms with E-state index in [1.807, 2.05) is 0 Å². The smallest absolute Gasteiger partial charge is 0.264 e. The Balaban J connectivity index is 1.92. The fourth-order valence-corrected chi connectivity index (χ4v) is 3.26. The van der Waals surface area contributed by atoms with Gasteiger partial charge in [-0.15, -0.1) is 11.3 Å². The van der Waals surface area contributed by atoms with E-state index in [4.69, 9.17) is 0 Å².